The normalized spacial score (nSPS) is 25.9. The highest BCUT2D eigenvalue weighted by molar-refractivity contribution is 7.86. The van der Waals surface area contributed by atoms with Crippen LogP contribution >= 0.6 is 0 Å². The zero-order valence-electron chi connectivity index (χ0n) is 12.1. The molecule has 2 fully saturated rings. The van der Waals surface area contributed by atoms with Gasteiger partial charge in [0.2, 0.25) is 0 Å². The maximum absolute atomic E-state index is 12.6. The van der Waals surface area contributed by atoms with Crippen LogP contribution in [0, 0.1) is 5.92 Å². The number of hydrogen-bond donors (Lipinski definition) is 1. The van der Waals surface area contributed by atoms with Crippen molar-refractivity contribution in [2.45, 2.75) is 45.6 Å². The minimum absolute atomic E-state index is 0.268. The Kier molecular flexibility index (Phi) is 5.22. The maximum Gasteiger partial charge on any atom is 0.282 e. The van der Waals surface area contributed by atoms with Crippen molar-refractivity contribution in [1.29, 1.82) is 0 Å². The Morgan fingerprint density at radius 1 is 1.26 bits per heavy atom. The molecule has 0 aromatic rings. The molecule has 19 heavy (non-hydrogen) atoms. The van der Waals surface area contributed by atoms with Crippen molar-refractivity contribution in [1.82, 2.24) is 13.9 Å². The van der Waals surface area contributed by atoms with Crippen LogP contribution in [-0.4, -0.2) is 55.8 Å². The molecule has 1 atom stereocenters. The van der Waals surface area contributed by atoms with E-state index in [1.165, 1.54) is 0 Å². The minimum Gasteiger partial charge on any atom is -0.317 e. The second kappa shape index (κ2) is 6.52. The van der Waals surface area contributed by atoms with Crippen LogP contribution in [-0.2, 0) is 10.2 Å². The lowest BCUT2D eigenvalue weighted by Crippen LogP contribution is -2.49. The molecule has 0 spiro atoms. The Labute approximate surface area is 117 Å². The van der Waals surface area contributed by atoms with E-state index < -0.39 is 10.2 Å². The van der Waals surface area contributed by atoms with E-state index in [1.807, 2.05) is 6.92 Å². The van der Waals surface area contributed by atoms with Gasteiger partial charge < -0.3 is 5.32 Å². The molecule has 0 amide bonds. The molecule has 6 heteroatoms. The van der Waals surface area contributed by atoms with E-state index >= 15 is 0 Å². The molecule has 1 N–H and O–H groups in total. The van der Waals surface area contributed by atoms with Gasteiger partial charge in [-0.25, -0.2) is 0 Å². The summed E-state index contributed by atoms with van der Waals surface area (Å²) >= 11 is 0. The summed E-state index contributed by atoms with van der Waals surface area (Å²) in [6.45, 7) is 7.87. The SMILES string of the molecule is CCNCC1CCCN(S(=O)(=O)N(CC)C2CC2)C1. The van der Waals surface area contributed by atoms with Crippen molar-refractivity contribution in [2.24, 2.45) is 5.92 Å². The molecule has 0 aromatic carbocycles. The summed E-state index contributed by atoms with van der Waals surface area (Å²) in [5, 5.41) is 3.33. The fourth-order valence-corrected chi connectivity index (χ4v) is 4.84. The lowest BCUT2D eigenvalue weighted by molar-refractivity contribution is 0.242. The molecule has 1 saturated carbocycles. The van der Waals surface area contributed by atoms with E-state index in [1.54, 1.807) is 8.61 Å². The molecule has 0 bridgehead atoms. The molecule has 1 heterocycles. The fraction of sp³-hybridized carbons (Fsp3) is 1.00. The van der Waals surface area contributed by atoms with Crippen LogP contribution in [0.4, 0.5) is 0 Å². The van der Waals surface area contributed by atoms with Crippen LogP contribution in [0.15, 0.2) is 0 Å². The highest BCUT2D eigenvalue weighted by Crippen LogP contribution is 2.31. The Balaban J connectivity index is 1.98. The number of nitrogens with zero attached hydrogens (tertiary/aromatic N) is 2. The van der Waals surface area contributed by atoms with Gasteiger partial charge in [-0.1, -0.05) is 13.8 Å². The quantitative estimate of drug-likeness (QED) is 0.762. The van der Waals surface area contributed by atoms with Crippen molar-refractivity contribution >= 4 is 10.2 Å². The molecule has 5 nitrogen and oxygen atoms in total. The summed E-state index contributed by atoms with van der Waals surface area (Å²) < 4.78 is 28.7. The van der Waals surface area contributed by atoms with Crippen molar-refractivity contribution in [3.8, 4) is 0 Å². The topological polar surface area (TPSA) is 52.7 Å². The standard InChI is InChI=1S/C13H27N3O2S/c1-3-14-10-12-6-5-9-15(11-12)19(17,18)16(4-2)13-7-8-13/h12-14H,3-11H2,1-2H3. The molecular formula is C13H27N3O2S. The summed E-state index contributed by atoms with van der Waals surface area (Å²) in [4.78, 5) is 0. The van der Waals surface area contributed by atoms with Gasteiger partial charge >= 0.3 is 0 Å². The molecule has 1 aliphatic carbocycles. The van der Waals surface area contributed by atoms with Crippen LogP contribution < -0.4 is 5.32 Å². The molecule has 1 unspecified atom stereocenters. The summed E-state index contributed by atoms with van der Waals surface area (Å²) in [6, 6.07) is 0.268. The van der Waals surface area contributed by atoms with Gasteiger partial charge in [-0.05, 0) is 44.7 Å². The van der Waals surface area contributed by atoms with Gasteiger partial charge in [-0.2, -0.15) is 17.0 Å². The zero-order chi connectivity index (χ0) is 13.9. The Morgan fingerprint density at radius 3 is 2.58 bits per heavy atom. The third-order valence-corrected chi connectivity index (χ3v) is 6.19. The van der Waals surface area contributed by atoms with Crippen molar-refractivity contribution in [3.05, 3.63) is 0 Å². The molecule has 0 radical (unpaired) electrons. The van der Waals surface area contributed by atoms with Gasteiger partial charge in [0.25, 0.3) is 10.2 Å². The first kappa shape index (κ1) is 15.2. The molecule has 1 saturated heterocycles. The maximum atomic E-state index is 12.6. The van der Waals surface area contributed by atoms with Crippen LogP contribution in [0.25, 0.3) is 0 Å². The minimum atomic E-state index is -3.23. The Bertz CT molecular complexity index is 381. The largest absolute Gasteiger partial charge is 0.317 e. The highest BCUT2D eigenvalue weighted by atomic mass is 32.2. The lowest BCUT2D eigenvalue weighted by Gasteiger charge is -2.35. The number of piperidine rings is 1. The van der Waals surface area contributed by atoms with Crippen LogP contribution in [0.5, 0.6) is 0 Å². The van der Waals surface area contributed by atoms with Crippen LogP contribution in [0.2, 0.25) is 0 Å². The molecule has 112 valence electrons. The summed E-state index contributed by atoms with van der Waals surface area (Å²) in [6.07, 6.45) is 4.18. The van der Waals surface area contributed by atoms with Crippen molar-refractivity contribution in [3.63, 3.8) is 0 Å². The van der Waals surface area contributed by atoms with Gasteiger partial charge in [-0.3, -0.25) is 0 Å². The zero-order valence-corrected chi connectivity index (χ0v) is 13.0. The van der Waals surface area contributed by atoms with E-state index in [0.717, 1.165) is 38.8 Å². The molecule has 1 aliphatic heterocycles. The lowest BCUT2D eigenvalue weighted by atomic mass is 10.00. The smallest absolute Gasteiger partial charge is 0.282 e. The van der Waals surface area contributed by atoms with Crippen molar-refractivity contribution < 1.29 is 8.42 Å². The number of hydrogen-bond acceptors (Lipinski definition) is 3. The van der Waals surface area contributed by atoms with Gasteiger partial charge in [0, 0.05) is 25.7 Å². The van der Waals surface area contributed by atoms with Crippen LogP contribution in [0.3, 0.4) is 0 Å². The van der Waals surface area contributed by atoms with E-state index in [4.69, 9.17) is 0 Å². The Morgan fingerprint density at radius 2 is 2.00 bits per heavy atom. The number of nitrogens with one attached hydrogen (secondary N) is 1. The Hall–Kier alpha value is -0.170. The third-order valence-electron chi connectivity index (χ3n) is 4.05. The van der Waals surface area contributed by atoms with Gasteiger partial charge in [-0.15, -0.1) is 0 Å². The van der Waals surface area contributed by atoms with Gasteiger partial charge in [0.05, 0.1) is 0 Å². The number of rotatable bonds is 7. The van der Waals surface area contributed by atoms with E-state index in [9.17, 15) is 8.42 Å². The first-order valence-corrected chi connectivity index (χ1v) is 8.96. The van der Waals surface area contributed by atoms with Crippen LogP contribution in [0.1, 0.15) is 39.5 Å². The first-order valence-electron chi connectivity index (χ1n) is 7.57. The average Bonchev–Trinajstić information content (AvgIpc) is 3.22. The molecular weight excluding hydrogens is 262 g/mol. The highest BCUT2D eigenvalue weighted by Gasteiger charge is 2.40. The van der Waals surface area contributed by atoms with E-state index in [0.29, 0.717) is 25.6 Å². The van der Waals surface area contributed by atoms with E-state index in [-0.39, 0.29) is 6.04 Å². The summed E-state index contributed by atoms with van der Waals surface area (Å²) in [5.74, 6) is 0.460. The average molecular weight is 289 g/mol. The van der Waals surface area contributed by atoms with Gasteiger partial charge in [0.1, 0.15) is 0 Å². The monoisotopic (exact) mass is 289 g/mol. The molecule has 0 aromatic heterocycles. The van der Waals surface area contributed by atoms with E-state index in [2.05, 4.69) is 12.2 Å². The summed E-state index contributed by atoms with van der Waals surface area (Å²) in [5.41, 5.74) is 0. The molecule has 2 aliphatic rings. The second-order valence-electron chi connectivity index (χ2n) is 5.62. The van der Waals surface area contributed by atoms with Gasteiger partial charge in [0.15, 0.2) is 0 Å². The summed E-state index contributed by atoms with van der Waals surface area (Å²) in [7, 11) is -3.23. The first-order chi connectivity index (χ1) is 9.09. The third kappa shape index (κ3) is 3.68. The second-order valence-corrected chi connectivity index (χ2v) is 7.50. The predicted molar refractivity (Wildman–Crippen MR) is 77.2 cm³/mol. The fourth-order valence-electron chi connectivity index (χ4n) is 2.87. The molecule has 2 rings (SSSR count). The predicted octanol–water partition coefficient (Wildman–Crippen LogP) is 1.04. The van der Waals surface area contributed by atoms with Crippen molar-refractivity contribution in [2.75, 3.05) is 32.7 Å².